The van der Waals surface area contributed by atoms with Gasteiger partial charge >= 0.3 is 0 Å². The van der Waals surface area contributed by atoms with Gasteiger partial charge in [0.25, 0.3) is 5.91 Å². The van der Waals surface area contributed by atoms with Crippen molar-refractivity contribution in [3.8, 4) is 5.75 Å². The fraction of sp³-hybridized carbons (Fsp3) is 0.118. The van der Waals surface area contributed by atoms with Crippen LogP contribution in [0, 0.1) is 5.82 Å². The zero-order valence-corrected chi connectivity index (χ0v) is 12.7. The molecule has 1 heterocycles. The number of fused-ring (bicyclic) bond motifs is 1. The molecule has 0 aliphatic rings. The molecule has 22 heavy (non-hydrogen) atoms. The normalized spacial score (nSPS) is 10.6. The van der Waals surface area contributed by atoms with Gasteiger partial charge in [-0.1, -0.05) is 0 Å². The second-order valence-electron chi connectivity index (χ2n) is 4.70. The van der Waals surface area contributed by atoms with E-state index in [9.17, 15) is 9.18 Å². The van der Waals surface area contributed by atoms with Crippen LogP contribution in [0.25, 0.3) is 10.1 Å². The number of rotatable bonds is 4. The monoisotopic (exact) mass is 315 g/mol. The van der Waals surface area contributed by atoms with Gasteiger partial charge in [-0.15, -0.1) is 11.3 Å². The number of benzene rings is 2. The largest absolute Gasteiger partial charge is 0.494 e. The van der Waals surface area contributed by atoms with Crippen LogP contribution in [0.15, 0.2) is 48.5 Å². The van der Waals surface area contributed by atoms with Gasteiger partial charge in [-0.05, 0) is 60.8 Å². The molecule has 0 atom stereocenters. The minimum absolute atomic E-state index is 0.203. The highest BCUT2D eigenvalue weighted by Gasteiger charge is 2.11. The Balaban J connectivity index is 1.77. The summed E-state index contributed by atoms with van der Waals surface area (Å²) in [6, 6.07) is 13.4. The maximum atomic E-state index is 13.2. The predicted molar refractivity (Wildman–Crippen MR) is 87.3 cm³/mol. The van der Waals surface area contributed by atoms with E-state index in [0.29, 0.717) is 17.2 Å². The number of hydrogen-bond donors (Lipinski definition) is 1. The summed E-state index contributed by atoms with van der Waals surface area (Å²) in [6.45, 7) is 2.52. The van der Waals surface area contributed by atoms with Gasteiger partial charge in [-0.2, -0.15) is 0 Å². The first-order valence-corrected chi connectivity index (χ1v) is 7.70. The predicted octanol–water partition coefficient (Wildman–Crippen LogP) is 4.69. The molecule has 3 aromatic rings. The minimum Gasteiger partial charge on any atom is -0.494 e. The van der Waals surface area contributed by atoms with Crippen molar-refractivity contribution in [2.75, 3.05) is 11.9 Å². The summed E-state index contributed by atoms with van der Waals surface area (Å²) in [6.07, 6.45) is 0. The molecule has 0 saturated heterocycles. The number of halogens is 1. The van der Waals surface area contributed by atoms with Crippen LogP contribution >= 0.6 is 11.3 Å². The van der Waals surface area contributed by atoms with Crippen LogP contribution in [0.2, 0.25) is 0 Å². The Labute approximate surface area is 131 Å². The lowest BCUT2D eigenvalue weighted by Crippen LogP contribution is -2.09. The van der Waals surface area contributed by atoms with Gasteiger partial charge in [0.15, 0.2) is 0 Å². The topological polar surface area (TPSA) is 38.3 Å². The van der Waals surface area contributed by atoms with Crippen LogP contribution < -0.4 is 10.1 Å². The van der Waals surface area contributed by atoms with Crippen molar-refractivity contribution < 1.29 is 13.9 Å². The molecule has 0 saturated carbocycles. The zero-order valence-electron chi connectivity index (χ0n) is 11.9. The van der Waals surface area contributed by atoms with E-state index in [0.717, 1.165) is 15.8 Å². The molecule has 0 aliphatic heterocycles. The van der Waals surface area contributed by atoms with Gasteiger partial charge in [-0.25, -0.2) is 4.39 Å². The lowest BCUT2D eigenvalue weighted by Gasteiger charge is -2.06. The van der Waals surface area contributed by atoms with Crippen molar-refractivity contribution in [2.24, 2.45) is 0 Å². The van der Waals surface area contributed by atoms with Crippen molar-refractivity contribution in [3.63, 3.8) is 0 Å². The van der Waals surface area contributed by atoms with E-state index in [2.05, 4.69) is 5.32 Å². The molecule has 3 rings (SSSR count). The Hall–Kier alpha value is -2.40. The molecule has 1 N–H and O–H groups in total. The summed E-state index contributed by atoms with van der Waals surface area (Å²) in [5, 5.41) is 3.56. The molecule has 2 aromatic carbocycles. The highest BCUT2D eigenvalue weighted by Crippen LogP contribution is 2.27. The van der Waals surface area contributed by atoms with E-state index in [4.69, 9.17) is 4.74 Å². The minimum atomic E-state index is -0.302. The van der Waals surface area contributed by atoms with Crippen LogP contribution in [-0.4, -0.2) is 12.5 Å². The quantitative estimate of drug-likeness (QED) is 0.758. The molecule has 0 fully saturated rings. The molecular formula is C17H14FNO2S. The third kappa shape index (κ3) is 3.09. The second kappa shape index (κ2) is 6.15. The van der Waals surface area contributed by atoms with E-state index >= 15 is 0 Å². The van der Waals surface area contributed by atoms with Crippen molar-refractivity contribution in [1.82, 2.24) is 0 Å². The molecule has 1 amide bonds. The van der Waals surface area contributed by atoms with Gasteiger partial charge < -0.3 is 10.1 Å². The molecule has 0 spiro atoms. The first-order valence-electron chi connectivity index (χ1n) is 6.89. The van der Waals surface area contributed by atoms with Gasteiger partial charge in [0, 0.05) is 10.4 Å². The van der Waals surface area contributed by atoms with Gasteiger partial charge in [0.2, 0.25) is 0 Å². The van der Waals surface area contributed by atoms with Gasteiger partial charge in [0.05, 0.1) is 11.5 Å². The van der Waals surface area contributed by atoms with Crippen LogP contribution in [0.3, 0.4) is 0 Å². The zero-order chi connectivity index (χ0) is 15.5. The molecule has 0 bridgehead atoms. The Morgan fingerprint density at radius 3 is 2.68 bits per heavy atom. The number of nitrogens with one attached hydrogen (secondary N) is 1. The Morgan fingerprint density at radius 1 is 1.18 bits per heavy atom. The Kier molecular flexibility index (Phi) is 4.06. The van der Waals surface area contributed by atoms with Crippen molar-refractivity contribution in [2.45, 2.75) is 6.92 Å². The van der Waals surface area contributed by atoms with Crippen LogP contribution in [0.5, 0.6) is 5.75 Å². The lowest BCUT2D eigenvalue weighted by atomic mass is 10.2. The highest BCUT2D eigenvalue weighted by atomic mass is 32.1. The van der Waals surface area contributed by atoms with E-state index in [1.165, 1.54) is 23.5 Å². The Bertz CT molecular complexity index is 811. The first-order chi connectivity index (χ1) is 10.7. The summed E-state index contributed by atoms with van der Waals surface area (Å²) >= 11 is 1.34. The molecule has 0 aliphatic carbocycles. The van der Waals surface area contributed by atoms with Crippen molar-refractivity contribution in [1.29, 1.82) is 0 Å². The number of anilines is 1. The molecule has 0 radical (unpaired) electrons. The summed E-state index contributed by atoms with van der Waals surface area (Å²) in [5.41, 5.74) is 0.692. The molecule has 1 aromatic heterocycles. The van der Waals surface area contributed by atoms with E-state index in [1.54, 1.807) is 36.4 Å². The summed E-state index contributed by atoms with van der Waals surface area (Å²) < 4.78 is 19.4. The molecule has 112 valence electrons. The number of hydrogen-bond acceptors (Lipinski definition) is 3. The van der Waals surface area contributed by atoms with Crippen LogP contribution in [0.4, 0.5) is 10.1 Å². The van der Waals surface area contributed by atoms with Crippen LogP contribution in [-0.2, 0) is 0 Å². The maximum Gasteiger partial charge on any atom is 0.265 e. The molecule has 3 nitrogen and oxygen atoms in total. The third-order valence-corrected chi connectivity index (χ3v) is 4.24. The average Bonchev–Trinajstić information content (AvgIpc) is 2.92. The summed E-state index contributed by atoms with van der Waals surface area (Å²) in [5.74, 6) is 0.257. The summed E-state index contributed by atoms with van der Waals surface area (Å²) in [7, 11) is 0. The number of thiophene rings is 1. The van der Waals surface area contributed by atoms with E-state index < -0.39 is 0 Å². The highest BCUT2D eigenvalue weighted by molar-refractivity contribution is 7.20. The van der Waals surface area contributed by atoms with Gasteiger partial charge in [0.1, 0.15) is 11.6 Å². The SMILES string of the molecule is CCOc1ccc(NC(=O)c2cc3cc(F)ccc3s2)cc1. The standard InChI is InChI=1S/C17H14FNO2S/c1-2-21-14-6-4-13(5-7-14)19-17(20)16-10-11-9-12(18)3-8-15(11)22-16/h3-10H,2H2,1H3,(H,19,20). The van der Waals surface area contributed by atoms with Gasteiger partial charge in [-0.3, -0.25) is 4.79 Å². The lowest BCUT2D eigenvalue weighted by molar-refractivity contribution is 0.103. The molecular weight excluding hydrogens is 301 g/mol. The molecule has 5 heteroatoms. The van der Waals surface area contributed by atoms with E-state index in [-0.39, 0.29) is 11.7 Å². The second-order valence-corrected chi connectivity index (χ2v) is 5.79. The van der Waals surface area contributed by atoms with E-state index in [1.807, 2.05) is 6.92 Å². The van der Waals surface area contributed by atoms with Crippen molar-refractivity contribution in [3.05, 3.63) is 59.2 Å². The fourth-order valence-corrected chi connectivity index (χ4v) is 3.06. The molecule has 0 unspecified atom stereocenters. The Morgan fingerprint density at radius 2 is 1.95 bits per heavy atom. The third-order valence-electron chi connectivity index (χ3n) is 3.13. The number of carbonyl (C=O) groups excluding carboxylic acids is 1. The van der Waals surface area contributed by atoms with Crippen LogP contribution in [0.1, 0.15) is 16.6 Å². The summed E-state index contributed by atoms with van der Waals surface area (Å²) in [4.78, 5) is 12.8. The number of amides is 1. The maximum absolute atomic E-state index is 13.2. The number of carbonyl (C=O) groups is 1. The number of ether oxygens (including phenoxy) is 1. The first kappa shape index (κ1) is 14.5. The van der Waals surface area contributed by atoms with Crippen molar-refractivity contribution >= 4 is 33.0 Å². The smallest absolute Gasteiger partial charge is 0.265 e. The fourth-order valence-electron chi connectivity index (χ4n) is 2.12. The average molecular weight is 315 g/mol.